The minimum atomic E-state index is -0.325. The normalized spacial score (nSPS) is 15.5. The van der Waals surface area contributed by atoms with Gasteiger partial charge in [-0.1, -0.05) is 0 Å². The number of hydrogen-bond acceptors (Lipinski definition) is 4. The van der Waals surface area contributed by atoms with E-state index in [-0.39, 0.29) is 18.5 Å². The number of nitrogens with one attached hydrogen (secondary N) is 2. The molecule has 1 aromatic rings. The summed E-state index contributed by atoms with van der Waals surface area (Å²) in [7, 11) is 0. The number of urea groups is 1. The second kappa shape index (κ2) is 4.56. The van der Waals surface area contributed by atoms with E-state index in [9.17, 15) is 9.59 Å². The molecule has 0 radical (unpaired) electrons. The van der Waals surface area contributed by atoms with Gasteiger partial charge < -0.3 is 10.2 Å². The van der Waals surface area contributed by atoms with Crippen LogP contribution in [-0.4, -0.2) is 46.4 Å². The van der Waals surface area contributed by atoms with Crippen molar-refractivity contribution in [3.63, 3.8) is 0 Å². The molecular formula is C9H11N5O2. The van der Waals surface area contributed by atoms with Crippen LogP contribution in [0.4, 0.5) is 10.6 Å². The van der Waals surface area contributed by atoms with E-state index >= 15 is 0 Å². The first-order valence-electron chi connectivity index (χ1n) is 4.84. The first-order chi connectivity index (χ1) is 7.75. The Morgan fingerprint density at radius 3 is 3.12 bits per heavy atom. The van der Waals surface area contributed by atoms with Crippen molar-refractivity contribution in [3.8, 4) is 0 Å². The summed E-state index contributed by atoms with van der Waals surface area (Å²) in [5, 5.41) is 5.23. The third-order valence-electron chi connectivity index (χ3n) is 2.14. The lowest BCUT2D eigenvalue weighted by Crippen LogP contribution is -2.51. The molecule has 16 heavy (non-hydrogen) atoms. The molecule has 0 bridgehead atoms. The number of amides is 3. The maximum atomic E-state index is 11.7. The van der Waals surface area contributed by atoms with Crippen LogP contribution in [0.3, 0.4) is 0 Å². The maximum Gasteiger partial charge on any atom is 0.323 e. The van der Waals surface area contributed by atoms with Crippen molar-refractivity contribution in [3.05, 3.63) is 18.6 Å². The van der Waals surface area contributed by atoms with Gasteiger partial charge in [-0.3, -0.25) is 10.1 Å². The van der Waals surface area contributed by atoms with E-state index in [0.29, 0.717) is 18.9 Å². The van der Waals surface area contributed by atoms with Crippen LogP contribution in [0.5, 0.6) is 0 Å². The number of aromatic nitrogens is 2. The van der Waals surface area contributed by atoms with Gasteiger partial charge in [-0.05, 0) is 6.07 Å². The Hall–Kier alpha value is -2.18. The largest absolute Gasteiger partial charge is 0.353 e. The van der Waals surface area contributed by atoms with E-state index in [4.69, 9.17) is 0 Å². The fourth-order valence-corrected chi connectivity index (χ4v) is 1.37. The van der Waals surface area contributed by atoms with Gasteiger partial charge in [0.2, 0.25) is 5.91 Å². The first kappa shape index (κ1) is 10.3. The van der Waals surface area contributed by atoms with E-state index in [2.05, 4.69) is 20.6 Å². The Morgan fingerprint density at radius 1 is 1.56 bits per heavy atom. The fourth-order valence-electron chi connectivity index (χ4n) is 1.37. The molecule has 84 valence electrons. The minimum Gasteiger partial charge on any atom is -0.353 e. The van der Waals surface area contributed by atoms with Crippen molar-refractivity contribution in [2.45, 2.75) is 0 Å². The van der Waals surface area contributed by atoms with Gasteiger partial charge in [-0.2, -0.15) is 0 Å². The molecule has 2 rings (SSSR count). The van der Waals surface area contributed by atoms with Gasteiger partial charge in [0.05, 0.1) is 0 Å². The van der Waals surface area contributed by atoms with Gasteiger partial charge in [0.15, 0.2) is 0 Å². The topological polar surface area (TPSA) is 87.2 Å². The van der Waals surface area contributed by atoms with Gasteiger partial charge in [0, 0.05) is 19.3 Å². The van der Waals surface area contributed by atoms with Crippen molar-refractivity contribution < 1.29 is 9.59 Å². The van der Waals surface area contributed by atoms with Crippen molar-refractivity contribution in [1.29, 1.82) is 0 Å². The monoisotopic (exact) mass is 221 g/mol. The van der Waals surface area contributed by atoms with Crippen LogP contribution in [0, 0.1) is 0 Å². The zero-order chi connectivity index (χ0) is 11.4. The summed E-state index contributed by atoms with van der Waals surface area (Å²) >= 11 is 0. The molecule has 7 heteroatoms. The molecule has 0 aromatic carbocycles. The summed E-state index contributed by atoms with van der Waals surface area (Å²) in [5.74, 6) is 0.273. The number of carbonyl (C=O) groups is 2. The van der Waals surface area contributed by atoms with Gasteiger partial charge in [-0.15, -0.1) is 0 Å². The molecule has 1 fully saturated rings. The van der Waals surface area contributed by atoms with Crippen LogP contribution >= 0.6 is 0 Å². The van der Waals surface area contributed by atoms with E-state index < -0.39 is 0 Å². The van der Waals surface area contributed by atoms with Crippen LogP contribution in [0.2, 0.25) is 0 Å². The molecule has 0 spiro atoms. The second-order valence-corrected chi connectivity index (χ2v) is 3.30. The minimum absolute atomic E-state index is 0.0803. The average molecular weight is 221 g/mol. The lowest BCUT2D eigenvalue weighted by atomic mass is 10.4. The van der Waals surface area contributed by atoms with Gasteiger partial charge >= 0.3 is 6.03 Å². The molecular weight excluding hydrogens is 210 g/mol. The van der Waals surface area contributed by atoms with E-state index in [0.717, 1.165) is 0 Å². The summed E-state index contributed by atoms with van der Waals surface area (Å²) in [5.41, 5.74) is 0. The summed E-state index contributed by atoms with van der Waals surface area (Å²) < 4.78 is 0. The number of nitrogens with zero attached hydrogens (tertiary/aromatic N) is 3. The lowest BCUT2D eigenvalue weighted by molar-refractivity contribution is -0.123. The highest BCUT2D eigenvalue weighted by Crippen LogP contribution is 2.02. The zero-order valence-electron chi connectivity index (χ0n) is 8.51. The molecule has 0 aliphatic carbocycles. The van der Waals surface area contributed by atoms with Crippen LogP contribution in [0.1, 0.15) is 0 Å². The van der Waals surface area contributed by atoms with Crippen LogP contribution < -0.4 is 10.6 Å². The van der Waals surface area contributed by atoms with Crippen molar-refractivity contribution in [2.24, 2.45) is 0 Å². The molecule has 1 saturated heterocycles. The molecule has 7 nitrogen and oxygen atoms in total. The smallest absolute Gasteiger partial charge is 0.323 e. The molecule has 0 saturated carbocycles. The van der Waals surface area contributed by atoms with Crippen molar-refractivity contribution in [2.75, 3.05) is 25.0 Å². The number of rotatable bonds is 1. The van der Waals surface area contributed by atoms with E-state index in [1.54, 1.807) is 6.07 Å². The molecule has 2 heterocycles. The maximum absolute atomic E-state index is 11.7. The highest BCUT2D eigenvalue weighted by molar-refractivity contribution is 5.92. The Labute approximate surface area is 91.9 Å². The Balaban J connectivity index is 1.95. The molecule has 1 aliphatic heterocycles. The summed E-state index contributed by atoms with van der Waals surface area (Å²) in [6.45, 7) is 1.07. The van der Waals surface area contributed by atoms with Gasteiger partial charge in [0.25, 0.3) is 0 Å². The number of hydrogen-bond donors (Lipinski definition) is 2. The van der Waals surface area contributed by atoms with Gasteiger partial charge in [-0.25, -0.2) is 14.8 Å². The average Bonchev–Trinajstić information content (AvgIpc) is 2.30. The molecule has 2 N–H and O–H groups in total. The highest BCUT2D eigenvalue weighted by atomic mass is 16.2. The Bertz CT molecular complexity index is 394. The van der Waals surface area contributed by atoms with E-state index in [1.165, 1.54) is 17.4 Å². The third-order valence-corrected chi connectivity index (χ3v) is 2.14. The van der Waals surface area contributed by atoms with Crippen LogP contribution in [-0.2, 0) is 4.79 Å². The molecule has 0 atom stereocenters. The molecule has 0 unspecified atom stereocenters. The Morgan fingerprint density at radius 2 is 2.44 bits per heavy atom. The Kier molecular flexibility index (Phi) is 2.95. The summed E-state index contributed by atoms with van der Waals surface area (Å²) in [6.07, 6.45) is 2.88. The SMILES string of the molecule is O=C1CN(C(=O)Nc2ccncn2)CCN1. The number of anilines is 1. The summed E-state index contributed by atoms with van der Waals surface area (Å²) in [4.78, 5) is 31.8. The lowest BCUT2D eigenvalue weighted by Gasteiger charge is -2.26. The second-order valence-electron chi connectivity index (χ2n) is 3.30. The third kappa shape index (κ3) is 2.44. The fraction of sp³-hybridized carbons (Fsp3) is 0.333. The van der Waals surface area contributed by atoms with Gasteiger partial charge in [0.1, 0.15) is 18.7 Å². The number of piperazine rings is 1. The highest BCUT2D eigenvalue weighted by Gasteiger charge is 2.20. The van der Waals surface area contributed by atoms with Crippen LogP contribution in [0.25, 0.3) is 0 Å². The predicted octanol–water partition coefficient (Wildman–Crippen LogP) is -0.560. The van der Waals surface area contributed by atoms with Crippen LogP contribution in [0.15, 0.2) is 18.6 Å². The molecule has 1 aromatic heterocycles. The van der Waals surface area contributed by atoms with Crippen molar-refractivity contribution in [1.82, 2.24) is 20.2 Å². The first-order valence-corrected chi connectivity index (χ1v) is 4.84. The summed E-state index contributed by atoms with van der Waals surface area (Å²) in [6, 6.07) is 1.26. The predicted molar refractivity (Wildman–Crippen MR) is 55.6 cm³/mol. The van der Waals surface area contributed by atoms with E-state index in [1.807, 2.05) is 0 Å². The number of carbonyl (C=O) groups excluding carboxylic acids is 2. The standard InChI is InChI=1S/C9H11N5O2/c15-8-5-14(4-3-11-8)9(16)13-7-1-2-10-6-12-7/h1-2,6H,3-5H2,(H,11,15)(H,10,12,13,16). The van der Waals surface area contributed by atoms with Crippen molar-refractivity contribution >= 4 is 17.8 Å². The quantitative estimate of drug-likeness (QED) is 0.665. The molecule has 3 amide bonds. The molecule has 1 aliphatic rings. The zero-order valence-corrected chi connectivity index (χ0v) is 8.51.